The molecular weight excluding hydrogens is 367 g/mol. The van der Waals surface area contributed by atoms with Crippen LogP contribution < -0.4 is 5.73 Å². The Hall–Kier alpha value is -0.600. The minimum atomic E-state index is -0.338. The third-order valence-corrected chi connectivity index (χ3v) is 5.15. The predicted octanol–water partition coefficient (Wildman–Crippen LogP) is 0.103. The van der Waals surface area contributed by atoms with Crippen molar-refractivity contribution in [3.05, 3.63) is 0 Å². The predicted molar refractivity (Wildman–Crippen MR) is 100 cm³/mol. The molecule has 7 nitrogen and oxygen atoms in total. The van der Waals surface area contributed by atoms with Gasteiger partial charge in [-0.3, -0.25) is 14.5 Å². The summed E-state index contributed by atoms with van der Waals surface area (Å²) in [6.07, 6.45) is 3.69. The van der Waals surface area contributed by atoms with Crippen LogP contribution in [0.1, 0.15) is 25.7 Å². The third-order valence-electron chi connectivity index (χ3n) is 5.15. The SMILES string of the molecule is Cl.Cl.NC[C@H]1CC[C@@H](C(=O)N2CCN(C(=O)CN3CCCC3)CC2)O1. The molecule has 2 amide bonds. The van der Waals surface area contributed by atoms with Gasteiger partial charge in [-0.2, -0.15) is 0 Å². The van der Waals surface area contributed by atoms with Crippen molar-refractivity contribution in [2.45, 2.75) is 37.9 Å². The van der Waals surface area contributed by atoms with Gasteiger partial charge in [0.2, 0.25) is 5.91 Å². The van der Waals surface area contributed by atoms with E-state index in [9.17, 15) is 9.59 Å². The summed E-state index contributed by atoms with van der Waals surface area (Å²) in [5, 5.41) is 0. The highest BCUT2D eigenvalue weighted by molar-refractivity contribution is 5.85. The maximum absolute atomic E-state index is 12.5. The summed E-state index contributed by atoms with van der Waals surface area (Å²) in [5.74, 6) is 0.256. The van der Waals surface area contributed by atoms with Crippen molar-refractivity contribution in [3.8, 4) is 0 Å². The lowest BCUT2D eigenvalue weighted by molar-refractivity contribution is -0.147. The Kier molecular flexibility index (Phi) is 9.45. The van der Waals surface area contributed by atoms with Gasteiger partial charge in [0, 0.05) is 32.7 Å². The van der Waals surface area contributed by atoms with Crippen LogP contribution in [0.15, 0.2) is 0 Å². The number of amides is 2. The Morgan fingerprint density at radius 3 is 2.08 bits per heavy atom. The zero-order chi connectivity index (χ0) is 16.2. The summed E-state index contributed by atoms with van der Waals surface area (Å²) < 4.78 is 5.69. The van der Waals surface area contributed by atoms with E-state index in [-0.39, 0.29) is 48.8 Å². The number of hydrogen-bond donors (Lipinski definition) is 1. The number of ether oxygens (including phenoxy) is 1. The van der Waals surface area contributed by atoms with Crippen LogP contribution in [0, 0.1) is 0 Å². The largest absolute Gasteiger partial charge is 0.364 e. The molecule has 0 aromatic carbocycles. The van der Waals surface area contributed by atoms with E-state index in [4.69, 9.17) is 10.5 Å². The molecule has 3 saturated heterocycles. The van der Waals surface area contributed by atoms with Gasteiger partial charge in [-0.1, -0.05) is 0 Å². The maximum Gasteiger partial charge on any atom is 0.251 e. The second kappa shape index (κ2) is 10.5. The van der Waals surface area contributed by atoms with Crippen LogP contribution in [0.4, 0.5) is 0 Å². The molecular formula is C16H30Cl2N4O3. The number of rotatable bonds is 4. The van der Waals surface area contributed by atoms with Gasteiger partial charge in [0.25, 0.3) is 5.91 Å². The summed E-state index contributed by atoms with van der Waals surface area (Å²) in [6.45, 7) is 5.55. The van der Waals surface area contributed by atoms with Crippen molar-refractivity contribution in [1.82, 2.24) is 14.7 Å². The number of likely N-dealkylation sites (tertiary alicyclic amines) is 1. The van der Waals surface area contributed by atoms with E-state index in [2.05, 4.69) is 4.90 Å². The molecule has 3 aliphatic rings. The van der Waals surface area contributed by atoms with Crippen LogP contribution in [-0.2, 0) is 14.3 Å². The molecule has 3 rings (SSSR count). The first-order valence-electron chi connectivity index (χ1n) is 8.82. The van der Waals surface area contributed by atoms with E-state index in [1.165, 1.54) is 12.8 Å². The van der Waals surface area contributed by atoms with Crippen molar-refractivity contribution in [2.75, 3.05) is 52.4 Å². The first-order valence-corrected chi connectivity index (χ1v) is 8.82. The van der Waals surface area contributed by atoms with Gasteiger partial charge in [-0.05, 0) is 38.8 Å². The summed E-state index contributed by atoms with van der Waals surface area (Å²) >= 11 is 0. The Bertz CT molecular complexity index is 441. The molecule has 2 N–H and O–H groups in total. The minimum Gasteiger partial charge on any atom is -0.364 e. The molecule has 3 aliphatic heterocycles. The normalized spacial score (nSPS) is 26.9. The smallest absolute Gasteiger partial charge is 0.251 e. The van der Waals surface area contributed by atoms with Gasteiger partial charge in [-0.15, -0.1) is 24.8 Å². The Balaban J connectivity index is 0.00000156. The molecule has 9 heteroatoms. The Labute approximate surface area is 162 Å². The highest BCUT2D eigenvalue weighted by atomic mass is 35.5. The van der Waals surface area contributed by atoms with Crippen molar-refractivity contribution in [3.63, 3.8) is 0 Å². The van der Waals surface area contributed by atoms with Crippen molar-refractivity contribution in [1.29, 1.82) is 0 Å². The van der Waals surface area contributed by atoms with Gasteiger partial charge in [-0.25, -0.2) is 0 Å². The lowest BCUT2D eigenvalue weighted by atomic mass is 10.1. The molecule has 146 valence electrons. The average molecular weight is 397 g/mol. The summed E-state index contributed by atoms with van der Waals surface area (Å²) in [6, 6.07) is 0. The van der Waals surface area contributed by atoms with Gasteiger partial charge in [0.15, 0.2) is 0 Å². The fraction of sp³-hybridized carbons (Fsp3) is 0.875. The minimum absolute atomic E-state index is 0. The van der Waals surface area contributed by atoms with Crippen LogP contribution in [0.5, 0.6) is 0 Å². The fourth-order valence-electron chi connectivity index (χ4n) is 3.67. The molecule has 0 radical (unpaired) electrons. The first-order chi connectivity index (χ1) is 11.2. The lowest BCUT2D eigenvalue weighted by Crippen LogP contribution is -2.54. The van der Waals surface area contributed by atoms with E-state index in [1.54, 1.807) is 0 Å². The number of nitrogens with zero attached hydrogens (tertiary/aromatic N) is 3. The van der Waals surface area contributed by atoms with Crippen LogP contribution >= 0.6 is 24.8 Å². The molecule has 3 fully saturated rings. The van der Waals surface area contributed by atoms with Crippen molar-refractivity contribution >= 4 is 36.6 Å². The molecule has 0 bridgehead atoms. The molecule has 0 aromatic heterocycles. The standard InChI is InChI=1S/C16H28N4O3.2ClH/c17-11-13-3-4-14(23-13)16(22)20-9-7-19(8-10-20)15(21)12-18-5-1-2-6-18;;/h13-14H,1-12,17H2;2*1H/t13-,14+;;/m1../s1. The zero-order valence-electron chi connectivity index (χ0n) is 14.6. The second-order valence-corrected chi connectivity index (χ2v) is 6.75. The number of hydrogen-bond acceptors (Lipinski definition) is 5. The number of carbonyl (C=O) groups excluding carboxylic acids is 2. The first kappa shape index (κ1) is 22.4. The van der Waals surface area contributed by atoms with Crippen LogP contribution in [0.25, 0.3) is 0 Å². The topological polar surface area (TPSA) is 79.1 Å². The monoisotopic (exact) mass is 396 g/mol. The summed E-state index contributed by atoms with van der Waals surface area (Å²) in [4.78, 5) is 30.7. The van der Waals surface area contributed by atoms with Gasteiger partial charge < -0.3 is 20.3 Å². The van der Waals surface area contributed by atoms with E-state index in [0.29, 0.717) is 39.3 Å². The number of nitrogens with two attached hydrogens (primary N) is 1. The molecule has 0 unspecified atom stereocenters. The third kappa shape index (κ3) is 5.69. The molecule has 25 heavy (non-hydrogen) atoms. The van der Waals surface area contributed by atoms with Crippen molar-refractivity contribution in [2.24, 2.45) is 5.73 Å². The molecule has 0 spiro atoms. The maximum atomic E-state index is 12.5. The molecule has 0 aromatic rings. The number of halogens is 2. The van der Waals surface area contributed by atoms with Crippen LogP contribution in [0.3, 0.4) is 0 Å². The zero-order valence-corrected chi connectivity index (χ0v) is 16.2. The Morgan fingerprint density at radius 2 is 1.52 bits per heavy atom. The Morgan fingerprint density at radius 1 is 0.920 bits per heavy atom. The van der Waals surface area contributed by atoms with Crippen molar-refractivity contribution < 1.29 is 14.3 Å². The second-order valence-electron chi connectivity index (χ2n) is 6.75. The quantitative estimate of drug-likeness (QED) is 0.728. The molecule has 0 saturated carbocycles. The van der Waals surface area contributed by atoms with E-state index < -0.39 is 0 Å². The average Bonchev–Trinajstić information content (AvgIpc) is 3.25. The molecule has 3 heterocycles. The van der Waals surface area contributed by atoms with E-state index in [0.717, 1.165) is 25.9 Å². The van der Waals surface area contributed by atoms with E-state index >= 15 is 0 Å². The number of carbonyl (C=O) groups is 2. The molecule has 2 atom stereocenters. The number of piperazine rings is 1. The van der Waals surface area contributed by atoms with E-state index in [1.807, 2.05) is 9.80 Å². The van der Waals surface area contributed by atoms with Crippen LogP contribution in [-0.4, -0.2) is 91.1 Å². The van der Waals surface area contributed by atoms with Gasteiger partial charge in [0.05, 0.1) is 12.6 Å². The van der Waals surface area contributed by atoms with Gasteiger partial charge >= 0.3 is 0 Å². The van der Waals surface area contributed by atoms with Crippen LogP contribution in [0.2, 0.25) is 0 Å². The molecule has 0 aliphatic carbocycles. The summed E-state index contributed by atoms with van der Waals surface area (Å²) in [5.41, 5.74) is 5.60. The highest BCUT2D eigenvalue weighted by Gasteiger charge is 2.34. The summed E-state index contributed by atoms with van der Waals surface area (Å²) in [7, 11) is 0. The fourth-order valence-corrected chi connectivity index (χ4v) is 3.67. The lowest BCUT2D eigenvalue weighted by Gasteiger charge is -2.36. The highest BCUT2D eigenvalue weighted by Crippen LogP contribution is 2.21. The van der Waals surface area contributed by atoms with Gasteiger partial charge in [0.1, 0.15) is 6.10 Å².